The first-order chi connectivity index (χ1) is 14.7. The number of ether oxygens (including phenoxy) is 2. The van der Waals surface area contributed by atoms with Gasteiger partial charge in [0.25, 0.3) is 0 Å². The first-order valence-corrected chi connectivity index (χ1v) is 11.4. The van der Waals surface area contributed by atoms with Crippen LogP contribution in [-0.2, 0) is 19.1 Å². The molecule has 0 aliphatic heterocycles. The molecule has 0 saturated carbocycles. The van der Waals surface area contributed by atoms with E-state index in [0.29, 0.717) is 31.8 Å². The average molecular weight is 455 g/mol. The molecule has 0 fully saturated rings. The first kappa shape index (κ1) is 40.3. The van der Waals surface area contributed by atoms with E-state index < -0.39 is 0 Å². The zero-order chi connectivity index (χ0) is 25.4. The van der Waals surface area contributed by atoms with Crippen LogP contribution in [0.3, 0.4) is 0 Å². The number of hydrogen-bond acceptors (Lipinski definition) is 7. The molecule has 0 atom stereocenters. The Balaban J connectivity index is -0.000000115. The van der Waals surface area contributed by atoms with Gasteiger partial charge < -0.3 is 35.1 Å². The lowest BCUT2D eigenvalue weighted by atomic mass is 10.1. The van der Waals surface area contributed by atoms with E-state index in [2.05, 4.69) is 52.2 Å². The van der Waals surface area contributed by atoms with Crippen LogP contribution in [-0.4, -0.2) is 81.7 Å². The molecule has 0 aromatic carbocycles. The Morgan fingerprint density at radius 1 is 1.00 bits per heavy atom. The summed E-state index contributed by atoms with van der Waals surface area (Å²) in [5.41, 5.74) is -0.164. The molecule has 1 amide bonds. The van der Waals surface area contributed by atoms with E-state index in [4.69, 9.17) is 24.5 Å². The number of unbranched alkanes of at least 4 members (excludes halogenated alkanes) is 1. The zero-order valence-electron chi connectivity index (χ0n) is 21.8. The van der Waals surface area contributed by atoms with Crippen molar-refractivity contribution < 1.29 is 29.3 Å². The molecule has 0 spiro atoms. The predicted molar refractivity (Wildman–Crippen MR) is 130 cm³/mol. The summed E-state index contributed by atoms with van der Waals surface area (Å²) in [6.07, 6.45) is 4.73. The van der Waals surface area contributed by atoms with Crippen molar-refractivity contribution in [2.45, 2.75) is 80.3 Å². The number of rotatable bonds is 14. The van der Waals surface area contributed by atoms with E-state index >= 15 is 0 Å². The molecule has 31 heavy (non-hydrogen) atoms. The number of nitrogens with one attached hydrogen (secondary N) is 2. The van der Waals surface area contributed by atoms with Gasteiger partial charge in [0.1, 0.15) is 6.29 Å². The van der Waals surface area contributed by atoms with Gasteiger partial charge in [0.15, 0.2) is 0 Å². The van der Waals surface area contributed by atoms with Gasteiger partial charge in [-0.2, -0.15) is 0 Å². The molecule has 4 N–H and O–H groups in total. The molecule has 0 bridgehead atoms. The molecule has 8 heteroatoms. The highest BCUT2D eigenvalue weighted by Gasteiger charge is 2.18. The number of carbonyl (C=O) groups excluding carboxylic acids is 2. The lowest BCUT2D eigenvalue weighted by molar-refractivity contribution is -0.110. The van der Waals surface area contributed by atoms with Crippen molar-refractivity contribution in [2.24, 2.45) is 5.92 Å². The largest absolute Gasteiger partial charge is 0.395 e. The minimum absolute atomic E-state index is 0.0126. The van der Waals surface area contributed by atoms with Crippen LogP contribution in [0.15, 0.2) is 0 Å². The smallest absolute Gasteiger partial charge is 0.207 e. The minimum atomic E-state index is -0.361. The molecule has 0 aliphatic rings. The fraction of sp³-hybridized carbons (Fsp3) is 0.913. The molecule has 0 unspecified atom stereocenters. The normalized spacial score (nSPS) is 9.42. The average Bonchev–Trinajstić information content (AvgIpc) is 2.77. The third-order valence-corrected chi connectivity index (χ3v) is 3.05. The minimum Gasteiger partial charge on any atom is -0.395 e. The molecule has 0 aliphatic carbocycles. The van der Waals surface area contributed by atoms with Gasteiger partial charge in [-0.3, -0.25) is 4.79 Å². The molecule has 0 saturated heterocycles. The number of amides is 1. The molecule has 0 rings (SSSR count). The third-order valence-electron chi connectivity index (χ3n) is 3.05. The Kier molecular flexibility index (Phi) is 51.3. The molecule has 8 nitrogen and oxygen atoms in total. The molecule has 0 radical (unpaired) electrons. The quantitative estimate of drug-likeness (QED) is 0.235. The summed E-state index contributed by atoms with van der Waals surface area (Å²) in [5.74, 6) is 0.700. The standard InChI is InChI=1S/C12H27NO2.C4H10.C3H7NO2.C2H4O2.C2H6/c1-11(2)6-8-15-12(3,4)10-14-9-7-13-5;1-3-4-2;5-2-1-4-3-6;3-1-2-4;1-2/h11,13H,6-10H2,1-5H3;3-4H2,1-2H3;3,5H,1-2H2,(H,4,6);1,4H,2H2;1-2H3. The number of aliphatic hydroxyl groups excluding tert-OH is 2. The maximum Gasteiger partial charge on any atom is 0.207 e. The molecule has 0 aromatic rings. The number of likely N-dealkylation sites (N-methyl/N-ethyl adjacent to an activating group) is 1. The first-order valence-electron chi connectivity index (χ1n) is 11.4. The van der Waals surface area contributed by atoms with Gasteiger partial charge in [-0.1, -0.05) is 54.4 Å². The van der Waals surface area contributed by atoms with E-state index in [9.17, 15) is 4.79 Å². The third kappa shape index (κ3) is 65.3. The SMILES string of the molecule is CC.CCCC.CNCCOCC(C)(C)OCCC(C)C.O=CCO.O=CNCCO. The van der Waals surface area contributed by atoms with Crippen LogP contribution in [0.5, 0.6) is 0 Å². The molecule has 0 heterocycles. The van der Waals surface area contributed by atoms with Gasteiger partial charge >= 0.3 is 0 Å². The van der Waals surface area contributed by atoms with E-state index in [-0.39, 0.29) is 18.8 Å². The van der Waals surface area contributed by atoms with Crippen LogP contribution in [0.2, 0.25) is 0 Å². The topological polar surface area (TPSA) is 117 Å². The second-order valence-corrected chi connectivity index (χ2v) is 7.09. The van der Waals surface area contributed by atoms with E-state index in [1.807, 2.05) is 20.9 Å². The van der Waals surface area contributed by atoms with Crippen LogP contribution >= 0.6 is 0 Å². The second-order valence-electron chi connectivity index (χ2n) is 7.09. The van der Waals surface area contributed by atoms with Crippen molar-refractivity contribution in [3.05, 3.63) is 0 Å². The highest BCUT2D eigenvalue weighted by molar-refractivity contribution is 5.49. The summed E-state index contributed by atoms with van der Waals surface area (Å²) in [7, 11) is 1.92. The van der Waals surface area contributed by atoms with Gasteiger partial charge in [-0.05, 0) is 33.2 Å². The van der Waals surface area contributed by atoms with Crippen molar-refractivity contribution in [3.8, 4) is 0 Å². The monoisotopic (exact) mass is 454 g/mol. The van der Waals surface area contributed by atoms with E-state index in [1.165, 1.54) is 12.8 Å². The highest BCUT2D eigenvalue weighted by Crippen LogP contribution is 2.11. The van der Waals surface area contributed by atoms with Crippen molar-refractivity contribution in [1.82, 2.24) is 10.6 Å². The number of carbonyl (C=O) groups is 2. The van der Waals surface area contributed by atoms with Gasteiger partial charge in [-0.25, -0.2) is 0 Å². The Bertz CT molecular complexity index is 302. The van der Waals surface area contributed by atoms with Crippen molar-refractivity contribution >= 4 is 12.7 Å². The Labute approximate surface area is 192 Å². The van der Waals surface area contributed by atoms with Crippen LogP contribution in [0, 0.1) is 5.92 Å². The Hall–Kier alpha value is -1.06. The number of aliphatic hydroxyl groups is 2. The molecule has 0 aromatic heterocycles. The highest BCUT2D eigenvalue weighted by atomic mass is 16.5. The van der Waals surface area contributed by atoms with Gasteiger partial charge in [0.05, 0.1) is 32.0 Å². The maximum absolute atomic E-state index is 9.34. The zero-order valence-corrected chi connectivity index (χ0v) is 21.8. The fourth-order valence-electron chi connectivity index (χ4n) is 1.23. The predicted octanol–water partition coefficient (Wildman–Crippen LogP) is 2.80. The molecular formula is C23H54N2O6. The second kappa shape index (κ2) is 39.4. The number of aldehydes is 1. The fourth-order valence-corrected chi connectivity index (χ4v) is 1.23. The summed E-state index contributed by atoms with van der Waals surface area (Å²) < 4.78 is 11.3. The Morgan fingerprint density at radius 2 is 1.52 bits per heavy atom. The van der Waals surface area contributed by atoms with Crippen LogP contribution in [0.4, 0.5) is 0 Å². The maximum atomic E-state index is 9.34. The molecule has 192 valence electrons. The summed E-state index contributed by atoms with van der Waals surface area (Å²) in [6.45, 7) is 20.0. The van der Waals surface area contributed by atoms with Gasteiger partial charge in [0.2, 0.25) is 6.41 Å². The lowest BCUT2D eigenvalue weighted by Gasteiger charge is -2.25. The van der Waals surface area contributed by atoms with E-state index in [1.54, 1.807) is 0 Å². The van der Waals surface area contributed by atoms with Gasteiger partial charge in [-0.15, -0.1) is 0 Å². The summed E-state index contributed by atoms with van der Waals surface area (Å²) in [6, 6.07) is 0. The lowest BCUT2D eigenvalue weighted by Crippen LogP contribution is -2.32. The van der Waals surface area contributed by atoms with E-state index in [0.717, 1.165) is 26.2 Å². The van der Waals surface area contributed by atoms with Crippen molar-refractivity contribution in [1.29, 1.82) is 0 Å². The number of hydrogen-bond donors (Lipinski definition) is 4. The van der Waals surface area contributed by atoms with Crippen LogP contribution in [0.25, 0.3) is 0 Å². The van der Waals surface area contributed by atoms with Gasteiger partial charge in [0, 0.05) is 19.7 Å². The summed E-state index contributed by atoms with van der Waals surface area (Å²) in [5, 5.41) is 20.8. The van der Waals surface area contributed by atoms with Crippen LogP contribution < -0.4 is 10.6 Å². The van der Waals surface area contributed by atoms with Crippen molar-refractivity contribution in [3.63, 3.8) is 0 Å². The summed E-state index contributed by atoms with van der Waals surface area (Å²) >= 11 is 0. The Morgan fingerprint density at radius 3 is 1.81 bits per heavy atom. The van der Waals surface area contributed by atoms with Crippen LogP contribution in [0.1, 0.15) is 74.7 Å². The van der Waals surface area contributed by atoms with Crippen molar-refractivity contribution in [2.75, 3.05) is 53.2 Å². The summed E-state index contributed by atoms with van der Waals surface area (Å²) in [4.78, 5) is 18.3. The molecular weight excluding hydrogens is 400 g/mol.